The fraction of sp³-hybridized carbons (Fsp3) is 0.250. The van der Waals surface area contributed by atoms with Gasteiger partial charge in [-0.1, -0.05) is 103 Å². The molecule has 3 aromatic rings. The SMILES string of the molecule is COC(=O)[C@H](Cc1ccccc1)NC(=O)[C@H](Cc1ccccc1)NC(=S)Cc1ccc(C)cc1. The standard InChI is InChI=1S/C28H30N2O3S/c1-20-13-15-23(16-14-20)19-26(34)29-24(17-21-9-5-3-6-10-21)27(31)30-25(28(32)33-2)18-22-11-7-4-8-12-22/h3-16,24-25H,17-19H2,1-2H3,(H,29,34)(H,30,31)/t24-,25-/m0/s1. The van der Waals surface area contributed by atoms with Crippen LogP contribution in [0.4, 0.5) is 0 Å². The summed E-state index contributed by atoms with van der Waals surface area (Å²) in [6, 6.07) is 26.0. The molecule has 2 N–H and O–H groups in total. The minimum atomic E-state index is -0.800. The van der Waals surface area contributed by atoms with Gasteiger partial charge in [-0.3, -0.25) is 4.79 Å². The average molecular weight is 475 g/mol. The van der Waals surface area contributed by atoms with E-state index in [1.807, 2.05) is 91.9 Å². The molecule has 176 valence electrons. The number of methoxy groups -OCH3 is 1. The van der Waals surface area contributed by atoms with Crippen LogP contribution in [-0.2, 0) is 33.6 Å². The summed E-state index contributed by atoms with van der Waals surface area (Å²) in [4.78, 5) is 26.4. The number of amides is 1. The Hall–Kier alpha value is -3.51. The van der Waals surface area contributed by atoms with Crippen LogP contribution in [0.15, 0.2) is 84.9 Å². The Bertz CT molecular complexity index is 1090. The number of carbonyl (C=O) groups excluding carboxylic acids is 2. The molecule has 3 rings (SSSR count). The minimum Gasteiger partial charge on any atom is -0.467 e. The molecule has 0 unspecified atom stereocenters. The highest BCUT2D eigenvalue weighted by Crippen LogP contribution is 2.09. The van der Waals surface area contributed by atoms with Crippen molar-refractivity contribution in [3.8, 4) is 0 Å². The van der Waals surface area contributed by atoms with Crippen LogP contribution in [-0.4, -0.2) is 36.1 Å². The number of rotatable bonds is 10. The summed E-state index contributed by atoms with van der Waals surface area (Å²) >= 11 is 5.59. The normalized spacial score (nSPS) is 12.3. The van der Waals surface area contributed by atoms with Crippen LogP contribution >= 0.6 is 12.2 Å². The lowest BCUT2D eigenvalue weighted by Gasteiger charge is -2.23. The number of hydrogen-bond acceptors (Lipinski definition) is 4. The number of aryl methyl sites for hydroxylation is 1. The Balaban J connectivity index is 1.74. The highest BCUT2D eigenvalue weighted by molar-refractivity contribution is 7.80. The predicted molar refractivity (Wildman–Crippen MR) is 139 cm³/mol. The summed E-state index contributed by atoms with van der Waals surface area (Å²) in [6.45, 7) is 2.04. The van der Waals surface area contributed by atoms with E-state index in [1.165, 1.54) is 12.7 Å². The van der Waals surface area contributed by atoms with Gasteiger partial charge in [0, 0.05) is 19.3 Å². The third-order valence-electron chi connectivity index (χ3n) is 5.50. The number of esters is 1. The molecule has 3 aromatic carbocycles. The second kappa shape index (κ2) is 12.7. The maximum Gasteiger partial charge on any atom is 0.328 e. The van der Waals surface area contributed by atoms with E-state index in [1.54, 1.807) is 0 Å². The quantitative estimate of drug-likeness (QED) is 0.344. The fourth-order valence-corrected chi connectivity index (χ4v) is 3.96. The lowest BCUT2D eigenvalue weighted by Crippen LogP contribution is -2.53. The predicted octanol–water partition coefficient (Wildman–Crippen LogP) is 3.97. The minimum absolute atomic E-state index is 0.304. The lowest BCUT2D eigenvalue weighted by atomic mass is 10.0. The van der Waals surface area contributed by atoms with E-state index in [4.69, 9.17) is 17.0 Å². The number of carbonyl (C=O) groups is 2. The van der Waals surface area contributed by atoms with Gasteiger partial charge in [0.1, 0.15) is 12.1 Å². The second-order valence-electron chi connectivity index (χ2n) is 8.25. The fourth-order valence-electron chi connectivity index (χ4n) is 3.65. The molecule has 0 aliphatic carbocycles. The van der Waals surface area contributed by atoms with Crippen LogP contribution in [0, 0.1) is 6.92 Å². The number of nitrogens with one attached hydrogen (secondary N) is 2. The molecular formula is C28H30N2O3S. The van der Waals surface area contributed by atoms with E-state index in [0.717, 1.165) is 16.7 Å². The molecule has 0 aliphatic heterocycles. The van der Waals surface area contributed by atoms with Crippen molar-refractivity contribution in [3.63, 3.8) is 0 Å². The van der Waals surface area contributed by atoms with Gasteiger partial charge in [0.25, 0.3) is 0 Å². The number of hydrogen-bond donors (Lipinski definition) is 2. The van der Waals surface area contributed by atoms with Crippen molar-refractivity contribution in [1.82, 2.24) is 10.6 Å². The molecule has 0 spiro atoms. The molecule has 5 nitrogen and oxygen atoms in total. The monoisotopic (exact) mass is 474 g/mol. The van der Waals surface area contributed by atoms with Gasteiger partial charge in [-0.15, -0.1) is 0 Å². The first-order valence-corrected chi connectivity index (χ1v) is 11.7. The molecular weight excluding hydrogens is 444 g/mol. The third-order valence-corrected chi connectivity index (χ3v) is 5.77. The summed E-state index contributed by atoms with van der Waals surface area (Å²) in [5.41, 5.74) is 4.17. The van der Waals surface area contributed by atoms with E-state index in [-0.39, 0.29) is 5.91 Å². The molecule has 1 amide bonds. The summed E-state index contributed by atoms with van der Waals surface area (Å²) < 4.78 is 4.95. The number of thiocarbonyl (C=S) groups is 1. The number of ether oxygens (including phenoxy) is 1. The van der Waals surface area contributed by atoms with Gasteiger partial charge in [-0.25, -0.2) is 4.79 Å². The van der Waals surface area contributed by atoms with Crippen LogP contribution < -0.4 is 10.6 Å². The van der Waals surface area contributed by atoms with Crippen molar-refractivity contribution in [2.75, 3.05) is 7.11 Å². The van der Waals surface area contributed by atoms with Crippen LogP contribution in [0.3, 0.4) is 0 Å². The van der Waals surface area contributed by atoms with Gasteiger partial charge >= 0.3 is 5.97 Å². The highest BCUT2D eigenvalue weighted by atomic mass is 32.1. The first-order chi connectivity index (χ1) is 16.4. The molecule has 0 bridgehead atoms. The largest absolute Gasteiger partial charge is 0.467 e. The van der Waals surface area contributed by atoms with Crippen molar-refractivity contribution in [3.05, 3.63) is 107 Å². The van der Waals surface area contributed by atoms with E-state index >= 15 is 0 Å². The Labute approximate surface area is 206 Å². The maximum atomic E-state index is 13.4. The Morgan fingerprint density at radius 3 is 1.82 bits per heavy atom. The summed E-state index contributed by atoms with van der Waals surface area (Å²) in [7, 11) is 1.32. The number of benzene rings is 3. The van der Waals surface area contributed by atoms with Gasteiger partial charge in [0.05, 0.1) is 12.1 Å². The molecule has 0 saturated heterocycles. The Kier molecular flexibility index (Phi) is 9.35. The molecule has 0 heterocycles. The first-order valence-electron chi connectivity index (χ1n) is 11.3. The van der Waals surface area contributed by atoms with Crippen LogP contribution in [0.1, 0.15) is 22.3 Å². The van der Waals surface area contributed by atoms with E-state index in [9.17, 15) is 9.59 Å². The maximum absolute atomic E-state index is 13.4. The van der Waals surface area contributed by atoms with Crippen molar-refractivity contribution in [1.29, 1.82) is 0 Å². The second-order valence-corrected chi connectivity index (χ2v) is 8.74. The molecule has 6 heteroatoms. The third kappa shape index (κ3) is 7.81. The Morgan fingerprint density at radius 1 is 0.765 bits per heavy atom. The van der Waals surface area contributed by atoms with Crippen LogP contribution in [0.25, 0.3) is 0 Å². The average Bonchev–Trinajstić information content (AvgIpc) is 2.85. The molecule has 0 aromatic heterocycles. The summed E-state index contributed by atoms with van der Waals surface area (Å²) in [5, 5.41) is 6.10. The van der Waals surface area contributed by atoms with E-state index in [2.05, 4.69) is 10.6 Å². The topological polar surface area (TPSA) is 67.4 Å². The highest BCUT2D eigenvalue weighted by Gasteiger charge is 2.27. The Morgan fingerprint density at radius 2 is 1.29 bits per heavy atom. The van der Waals surface area contributed by atoms with Crippen molar-refractivity contribution >= 4 is 29.1 Å². The summed E-state index contributed by atoms with van der Waals surface area (Å²) in [6.07, 6.45) is 1.30. The molecule has 0 aliphatic rings. The van der Waals surface area contributed by atoms with Crippen LogP contribution in [0.5, 0.6) is 0 Å². The summed E-state index contributed by atoms with van der Waals surface area (Å²) in [5.74, 6) is -0.792. The zero-order valence-electron chi connectivity index (χ0n) is 19.5. The van der Waals surface area contributed by atoms with Crippen LogP contribution in [0.2, 0.25) is 0 Å². The van der Waals surface area contributed by atoms with E-state index < -0.39 is 18.1 Å². The van der Waals surface area contributed by atoms with Crippen molar-refractivity contribution in [2.24, 2.45) is 0 Å². The molecule has 0 saturated carbocycles. The molecule has 0 radical (unpaired) electrons. The van der Waals surface area contributed by atoms with Crippen molar-refractivity contribution < 1.29 is 14.3 Å². The zero-order valence-corrected chi connectivity index (χ0v) is 20.3. The van der Waals surface area contributed by atoms with Crippen molar-refractivity contribution in [2.45, 2.75) is 38.3 Å². The molecule has 0 fully saturated rings. The lowest BCUT2D eigenvalue weighted by molar-refractivity contribution is -0.145. The smallest absolute Gasteiger partial charge is 0.328 e. The van der Waals surface area contributed by atoms with E-state index in [0.29, 0.717) is 24.3 Å². The van der Waals surface area contributed by atoms with Gasteiger partial charge in [-0.05, 0) is 23.6 Å². The molecule has 2 atom stereocenters. The first kappa shape index (κ1) is 25.1. The van der Waals surface area contributed by atoms with Gasteiger partial charge in [-0.2, -0.15) is 0 Å². The van der Waals surface area contributed by atoms with Gasteiger partial charge in [0.2, 0.25) is 5.91 Å². The zero-order chi connectivity index (χ0) is 24.3. The van der Waals surface area contributed by atoms with Gasteiger partial charge in [0.15, 0.2) is 0 Å². The van der Waals surface area contributed by atoms with Gasteiger partial charge < -0.3 is 15.4 Å². The molecule has 34 heavy (non-hydrogen) atoms.